The van der Waals surface area contributed by atoms with Crippen LogP contribution >= 0.6 is 34.8 Å². The molecular weight excluding hydrogens is 347 g/mol. The first-order chi connectivity index (χ1) is 10.1. The maximum atomic E-state index is 5.76. The van der Waals surface area contributed by atoms with Gasteiger partial charge in [-0.2, -0.15) is 5.06 Å². The summed E-state index contributed by atoms with van der Waals surface area (Å²) in [6.07, 6.45) is 4.49. The average molecular weight is 364 g/mol. The number of hydroxylamine groups is 2. The second kappa shape index (κ2) is 6.67. The first-order valence-corrected chi connectivity index (χ1v) is 7.80. The molecule has 0 bridgehead atoms. The van der Waals surface area contributed by atoms with Crippen molar-refractivity contribution in [1.29, 1.82) is 0 Å². The molecule has 4 nitrogen and oxygen atoms in total. The van der Waals surface area contributed by atoms with Gasteiger partial charge >= 0.3 is 0 Å². The Morgan fingerprint density at radius 2 is 1.82 bits per heavy atom. The predicted octanol–water partition coefficient (Wildman–Crippen LogP) is 4.81. The van der Waals surface area contributed by atoms with E-state index in [1.165, 1.54) is 6.34 Å². The molecule has 0 aliphatic carbocycles. The summed E-state index contributed by atoms with van der Waals surface area (Å²) in [7, 11) is 0. The number of aliphatic imine (C=N–C) groups is 1. The Labute approximate surface area is 145 Å². The molecule has 2 rings (SSSR count). The van der Waals surface area contributed by atoms with Crippen LogP contribution < -0.4 is 4.74 Å². The summed E-state index contributed by atoms with van der Waals surface area (Å²) < 4.78 is 4.09. The van der Waals surface area contributed by atoms with Crippen LogP contribution in [0.1, 0.15) is 26.3 Å². The number of alkyl halides is 3. The number of nitrogens with zero attached hydrogens (tertiary/aromatic N) is 2. The fraction of sp³-hybridized carbons (Fsp3) is 0.400. The lowest BCUT2D eigenvalue weighted by Crippen LogP contribution is -2.31. The molecule has 22 heavy (non-hydrogen) atoms. The SMILES string of the molecule is CC(C)(C)Oc1ccc(C=CC2N=CN(C(Cl)(Cl)Cl)O2)cc1. The van der Waals surface area contributed by atoms with Gasteiger partial charge in [0.2, 0.25) is 0 Å². The van der Waals surface area contributed by atoms with E-state index in [1.54, 1.807) is 6.08 Å². The van der Waals surface area contributed by atoms with Crippen LogP contribution in [0.2, 0.25) is 0 Å². The second-order valence-corrected chi connectivity index (χ2v) is 7.92. The van der Waals surface area contributed by atoms with Gasteiger partial charge < -0.3 is 4.74 Å². The third kappa shape index (κ3) is 5.36. The van der Waals surface area contributed by atoms with E-state index in [2.05, 4.69) is 4.99 Å². The normalized spacial score (nSPS) is 19.2. The molecule has 1 aliphatic heterocycles. The van der Waals surface area contributed by atoms with Crippen LogP contribution in [0.4, 0.5) is 0 Å². The number of benzene rings is 1. The Kier molecular flexibility index (Phi) is 5.28. The molecule has 1 heterocycles. The van der Waals surface area contributed by atoms with Gasteiger partial charge in [0.25, 0.3) is 3.92 Å². The lowest BCUT2D eigenvalue weighted by Gasteiger charge is -2.21. The molecule has 1 atom stereocenters. The number of hydrogen-bond donors (Lipinski definition) is 0. The van der Waals surface area contributed by atoms with Gasteiger partial charge in [-0.1, -0.05) is 53.0 Å². The third-order valence-corrected chi connectivity index (χ3v) is 3.05. The standard InChI is InChI=1S/C15H17Cl3N2O2/c1-14(2,3)21-12-7-4-11(5-8-12)6-9-13-19-10-20(22-13)15(16,17)18/h4-10,13H,1-3H3. The fourth-order valence-corrected chi connectivity index (χ4v) is 1.95. The molecule has 0 saturated heterocycles. The highest BCUT2D eigenvalue weighted by Crippen LogP contribution is 2.32. The van der Waals surface area contributed by atoms with Gasteiger partial charge in [0, 0.05) is 0 Å². The van der Waals surface area contributed by atoms with Crippen molar-refractivity contribution in [2.75, 3.05) is 0 Å². The molecule has 120 valence electrons. The summed E-state index contributed by atoms with van der Waals surface area (Å²) in [5.41, 5.74) is 0.775. The van der Waals surface area contributed by atoms with Crippen molar-refractivity contribution in [3.8, 4) is 5.75 Å². The zero-order chi connectivity index (χ0) is 16.4. The minimum Gasteiger partial charge on any atom is -0.488 e. The highest BCUT2D eigenvalue weighted by atomic mass is 35.6. The van der Waals surface area contributed by atoms with Gasteiger partial charge in [0.05, 0.1) is 0 Å². The molecule has 0 radical (unpaired) electrons. The van der Waals surface area contributed by atoms with E-state index >= 15 is 0 Å². The van der Waals surface area contributed by atoms with Crippen LogP contribution in [-0.2, 0) is 4.84 Å². The predicted molar refractivity (Wildman–Crippen MR) is 91.4 cm³/mol. The quantitative estimate of drug-likeness (QED) is 0.571. The van der Waals surface area contributed by atoms with Crippen molar-refractivity contribution in [3.63, 3.8) is 0 Å². The van der Waals surface area contributed by atoms with Gasteiger partial charge in [-0.3, -0.25) is 0 Å². The van der Waals surface area contributed by atoms with Crippen molar-refractivity contribution in [2.45, 2.75) is 36.5 Å². The Morgan fingerprint density at radius 1 is 1.18 bits per heavy atom. The van der Waals surface area contributed by atoms with Crippen molar-refractivity contribution in [3.05, 3.63) is 35.9 Å². The Balaban J connectivity index is 1.93. The molecule has 7 heteroatoms. The summed E-state index contributed by atoms with van der Waals surface area (Å²) in [6, 6.07) is 7.72. The lowest BCUT2D eigenvalue weighted by atomic mass is 10.1. The van der Waals surface area contributed by atoms with Gasteiger partial charge in [0.15, 0.2) is 6.23 Å². The lowest BCUT2D eigenvalue weighted by molar-refractivity contribution is -0.105. The number of ether oxygens (including phenoxy) is 1. The zero-order valence-electron chi connectivity index (χ0n) is 12.5. The molecule has 1 aromatic rings. The molecule has 0 spiro atoms. The van der Waals surface area contributed by atoms with Gasteiger partial charge in [-0.25, -0.2) is 9.83 Å². The minimum atomic E-state index is -1.67. The molecule has 0 saturated carbocycles. The van der Waals surface area contributed by atoms with E-state index in [0.29, 0.717) is 0 Å². The molecule has 1 aliphatic rings. The van der Waals surface area contributed by atoms with E-state index in [1.807, 2.05) is 51.1 Å². The van der Waals surface area contributed by atoms with Crippen molar-refractivity contribution < 1.29 is 9.57 Å². The van der Waals surface area contributed by atoms with Crippen LogP contribution in [0.25, 0.3) is 6.08 Å². The third-order valence-electron chi connectivity index (χ3n) is 2.55. The molecular formula is C15H17Cl3N2O2. The maximum Gasteiger partial charge on any atom is 0.291 e. The molecule has 0 amide bonds. The summed E-state index contributed by atoms with van der Waals surface area (Å²) >= 11 is 17.1. The Morgan fingerprint density at radius 3 is 2.32 bits per heavy atom. The van der Waals surface area contributed by atoms with Gasteiger partial charge in [-0.15, -0.1) is 0 Å². The second-order valence-electron chi connectivity index (χ2n) is 5.70. The van der Waals surface area contributed by atoms with E-state index < -0.39 is 10.1 Å². The van der Waals surface area contributed by atoms with Crippen LogP contribution in [0, 0.1) is 0 Å². The highest BCUT2D eigenvalue weighted by molar-refractivity contribution is 6.67. The van der Waals surface area contributed by atoms with Crippen molar-refractivity contribution >= 4 is 47.2 Å². The summed E-state index contributed by atoms with van der Waals surface area (Å²) in [5, 5.41) is 1.08. The topological polar surface area (TPSA) is 34.1 Å². The summed E-state index contributed by atoms with van der Waals surface area (Å²) in [6.45, 7) is 6.02. The Hall–Kier alpha value is -0.940. The molecule has 0 N–H and O–H groups in total. The van der Waals surface area contributed by atoms with E-state index in [-0.39, 0.29) is 5.60 Å². The Bertz CT molecular complexity index is 560. The van der Waals surface area contributed by atoms with Gasteiger partial charge in [0.1, 0.15) is 17.7 Å². The first-order valence-electron chi connectivity index (χ1n) is 6.67. The smallest absolute Gasteiger partial charge is 0.291 e. The van der Waals surface area contributed by atoms with E-state index in [4.69, 9.17) is 44.4 Å². The molecule has 0 fully saturated rings. The molecule has 0 aromatic heterocycles. The van der Waals surface area contributed by atoms with Crippen molar-refractivity contribution in [2.24, 2.45) is 4.99 Å². The van der Waals surface area contributed by atoms with Crippen LogP contribution in [-0.4, -0.2) is 27.1 Å². The number of halogens is 3. The summed E-state index contributed by atoms with van der Waals surface area (Å²) in [4.78, 5) is 9.42. The van der Waals surface area contributed by atoms with Crippen molar-refractivity contribution in [1.82, 2.24) is 5.06 Å². The average Bonchev–Trinajstić information content (AvgIpc) is 2.85. The highest BCUT2D eigenvalue weighted by Gasteiger charge is 2.33. The van der Waals surface area contributed by atoms with Crippen LogP contribution in [0.5, 0.6) is 5.75 Å². The summed E-state index contributed by atoms with van der Waals surface area (Å²) in [5.74, 6) is 0.821. The molecule has 1 unspecified atom stereocenters. The van der Waals surface area contributed by atoms with E-state index in [0.717, 1.165) is 16.4 Å². The largest absolute Gasteiger partial charge is 0.488 e. The number of rotatable bonds is 3. The van der Waals surface area contributed by atoms with Crippen LogP contribution in [0.3, 0.4) is 0 Å². The number of hydrogen-bond acceptors (Lipinski definition) is 4. The van der Waals surface area contributed by atoms with Gasteiger partial charge in [-0.05, 0) is 44.5 Å². The van der Waals surface area contributed by atoms with E-state index in [9.17, 15) is 0 Å². The maximum absolute atomic E-state index is 5.76. The fourth-order valence-electron chi connectivity index (χ4n) is 1.70. The zero-order valence-corrected chi connectivity index (χ0v) is 14.7. The first kappa shape index (κ1) is 17.4. The van der Waals surface area contributed by atoms with Crippen LogP contribution in [0.15, 0.2) is 35.3 Å². The molecule has 1 aromatic carbocycles. The monoisotopic (exact) mass is 362 g/mol. The minimum absolute atomic E-state index is 0.218.